The molecule has 0 aromatic heterocycles. The molecule has 1 heterocycles. The lowest BCUT2D eigenvalue weighted by Crippen LogP contribution is -3.17. The summed E-state index contributed by atoms with van der Waals surface area (Å²) in [4.78, 5) is 0. The van der Waals surface area contributed by atoms with Crippen molar-refractivity contribution in [3.8, 4) is 0 Å². The van der Waals surface area contributed by atoms with Gasteiger partial charge in [-0.25, -0.2) is 0 Å². The standard InChI is InChI=1S/C8H18N2O2/c1-6-7(2,3)10(12)8(4,5)9(6)11/h6,9,12H,1-5H3. The van der Waals surface area contributed by atoms with Crippen molar-refractivity contribution in [1.82, 2.24) is 5.06 Å². The molecule has 1 aliphatic rings. The number of nitrogens with one attached hydrogen (secondary N) is 1. The highest BCUT2D eigenvalue weighted by molar-refractivity contribution is 4.92. The van der Waals surface area contributed by atoms with Gasteiger partial charge in [0.15, 0.2) is 5.66 Å². The Kier molecular flexibility index (Phi) is 2.00. The van der Waals surface area contributed by atoms with Crippen molar-refractivity contribution in [3.05, 3.63) is 5.21 Å². The zero-order chi connectivity index (χ0) is 9.73. The van der Waals surface area contributed by atoms with E-state index in [2.05, 4.69) is 0 Å². The molecule has 72 valence electrons. The van der Waals surface area contributed by atoms with Gasteiger partial charge < -0.3 is 15.5 Å². The molecule has 12 heavy (non-hydrogen) atoms. The van der Waals surface area contributed by atoms with E-state index in [9.17, 15) is 10.4 Å². The zero-order valence-corrected chi connectivity index (χ0v) is 8.38. The van der Waals surface area contributed by atoms with Crippen LogP contribution in [0.5, 0.6) is 0 Å². The number of hydrogen-bond donors (Lipinski definition) is 2. The van der Waals surface area contributed by atoms with E-state index in [4.69, 9.17) is 0 Å². The zero-order valence-electron chi connectivity index (χ0n) is 8.38. The molecule has 0 spiro atoms. The molecule has 0 aromatic carbocycles. The summed E-state index contributed by atoms with van der Waals surface area (Å²) in [5.41, 5.74) is -1.18. The molecule has 0 aromatic rings. The SMILES string of the molecule is CC1[NH+]([O-])C(C)(C)N(O)C1(C)C. The largest absolute Gasteiger partial charge is 0.633 e. The Hall–Kier alpha value is -0.160. The Morgan fingerprint density at radius 3 is 1.83 bits per heavy atom. The first-order valence-electron chi connectivity index (χ1n) is 4.26. The third-order valence-corrected chi connectivity index (χ3v) is 3.13. The van der Waals surface area contributed by atoms with Crippen LogP contribution in [-0.4, -0.2) is 27.5 Å². The van der Waals surface area contributed by atoms with E-state index >= 15 is 0 Å². The fourth-order valence-electron chi connectivity index (χ4n) is 1.86. The Bertz CT molecular complexity index is 171. The topological polar surface area (TPSA) is 51.0 Å². The lowest BCUT2D eigenvalue weighted by atomic mass is 9.98. The maximum Gasteiger partial charge on any atom is 0.170 e. The van der Waals surface area contributed by atoms with Crippen LogP contribution in [0.4, 0.5) is 0 Å². The first kappa shape index (κ1) is 9.92. The number of hydrogen-bond acceptors (Lipinski definition) is 3. The van der Waals surface area contributed by atoms with E-state index in [1.165, 1.54) is 5.06 Å². The van der Waals surface area contributed by atoms with Gasteiger partial charge in [-0.1, -0.05) is 0 Å². The Labute approximate surface area is 73.3 Å². The van der Waals surface area contributed by atoms with Crippen molar-refractivity contribution in [2.24, 2.45) is 0 Å². The van der Waals surface area contributed by atoms with Crippen molar-refractivity contribution >= 4 is 0 Å². The predicted molar refractivity (Wildman–Crippen MR) is 45.6 cm³/mol. The summed E-state index contributed by atoms with van der Waals surface area (Å²) in [5.74, 6) is 0. The van der Waals surface area contributed by atoms with Gasteiger partial charge in [-0.2, -0.15) is 0 Å². The third-order valence-electron chi connectivity index (χ3n) is 3.13. The molecule has 4 heteroatoms. The van der Waals surface area contributed by atoms with E-state index in [0.29, 0.717) is 0 Å². The van der Waals surface area contributed by atoms with Gasteiger partial charge in [-0.05, 0) is 20.8 Å². The van der Waals surface area contributed by atoms with Gasteiger partial charge in [0.05, 0.1) is 5.54 Å². The molecule has 2 unspecified atom stereocenters. The molecule has 1 fully saturated rings. The molecule has 2 atom stereocenters. The average molecular weight is 174 g/mol. The summed E-state index contributed by atoms with van der Waals surface area (Å²) in [7, 11) is 0. The highest BCUT2D eigenvalue weighted by Crippen LogP contribution is 2.27. The highest BCUT2D eigenvalue weighted by Gasteiger charge is 2.55. The number of rotatable bonds is 0. The van der Waals surface area contributed by atoms with Crippen LogP contribution in [0.1, 0.15) is 34.6 Å². The van der Waals surface area contributed by atoms with Crippen molar-refractivity contribution < 1.29 is 10.3 Å². The van der Waals surface area contributed by atoms with E-state index in [1.54, 1.807) is 13.8 Å². The van der Waals surface area contributed by atoms with Crippen LogP contribution in [-0.2, 0) is 0 Å². The van der Waals surface area contributed by atoms with Gasteiger partial charge in [0.25, 0.3) is 0 Å². The van der Waals surface area contributed by atoms with Crippen molar-refractivity contribution in [2.75, 3.05) is 0 Å². The fraction of sp³-hybridized carbons (Fsp3) is 1.00. The number of hydroxylamine groups is 4. The van der Waals surface area contributed by atoms with Crippen LogP contribution in [0.25, 0.3) is 0 Å². The second-order valence-electron chi connectivity index (χ2n) is 4.61. The molecule has 0 bridgehead atoms. The van der Waals surface area contributed by atoms with E-state index in [0.717, 1.165) is 0 Å². The molecule has 1 aliphatic heterocycles. The average Bonchev–Trinajstić information content (AvgIpc) is 2.06. The third kappa shape index (κ3) is 0.992. The van der Waals surface area contributed by atoms with Gasteiger partial charge in [-0.3, -0.25) is 0 Å². The van der Waals surface area contributed by atoms with Crippen molar-refractivity contribution in [3.63, 3.8) is 0 Å². The molecular formula is C8H18N2O2. The highest BCUT2D eigenvalue weighted by atomic mass is 16.6. The summed E-state index contributed by atoms with van der Waals surface area (Å²) in [5, 5.41) is 22.7. The normalized spacial score (nSPS) is 40.2. The van der Waals surface area contributed by atoms with Crippen molar-refractivity contribution in [2.45, 2.75) is 51.9 Å². The van der Waals surface area contributed by atoms with Crippen LogP contribution in [0.3, 0.4) is 0 Å². The summed E-state index contributed by atoms with van der Waals surface area (Å²) < 4.78 is 0. The maximum atomic E-state index is 11.7. The van der Waals surface area contributed by atoms with Crippen molar-refractivity contribution in [1.29, 1.82) is 0 Å². The second kappa shape index (κ2) is 2.42. The Morgan fingerprint density at radius 1 is 1.33 bits per heavy atom. The van der Waals surface area contributed by atoms with Gasteiger partial charge in [-0.15, -0.1) is 5.06 Å². The van der Waals surface area contributed by atoms with Gasteiger partial charge in [0.1, 0.15) is 6.04 Å². The predicted octanol–water partition coefficient (Wildman–Crippen LogP) is -0.0229. The number of nitrogens with zero attached hydrogens (tertiary/aromatic N) is 1. The van der Waals surface area contributed by atoms with Crippen LogP contribution >= 0.6 is 0 Å². The molecule has 0 saturated carbocycles. The van der Waals surface area contributed by atoms with Gasteiger partial charge in [0, 0.05) is 13.8 Å². The molecule has 0 aliphatic carbocycles. The second-order valence-corrected chi connectivity index (χ2v) is 4.61. The first-order chi connectivity index (χ1) is 5.22. The maximum absolute atomic E-state index is 11.7. The van der Waals surface area contributed by atoms with Crippen LogP contribution in [0.2, 0.25) is 0 Å². The van der Waals surface area contributed by atoms with Crippen LogP contribution < -0.4 is 5.06 Å². The quantitative estimate of drug-likeness (QED) is 0.507. The van der Waals surface area contributed by atoms with Gasteiger partial charge in [0.2, 0.25) is 0 Å². The monoisotopic (exact) mass is 174 g/mol. The summed E-state index contributed by atoms with van der Waals surface area (Å²) in [6, 6.07) is -0.113. The molecule has 1 rings (SSSR count). The van der Waals surface area contributed by atoms with Crippen LogP contribution in [0, 0.1) is 5.21 Å². The molecule has 4 nitrogen and oxygen atoms in total. The minimum Gasteiger partial charge on any atom is -0.633 e. The lowest BCUT2D eigenvalue weighted by Gasteiger charge is -2.35. The first-order valence-corrected chi connectivity index (χ1v) is 4.26. The molecule has 0 amide bonds. The van der Waals surface area contributed by atoms with Gasteiger partial charge >= 0.3 is 0 Å². The minimum atomic E-state index is -0.733. The van der Waals surface area contributed by atoms with E-state index < -0.39 is 11.2 Å². The Morgan fingerprint density at radius 2 is 1.75 bits per heavy atom. The molecule has 0 radical (unpaired) electrons. The molecular weight excluding hydrogens is 156 g/mol. The van der Waals surface area contributed by atoms with E-state index in [1.807, 2.05) is 20.8 Å². The number of quaternary nitrogens is 1. The Balaban J connectivity index is 3.03. The smallest absolute Gasteiger partial charge is 0.170 e. The van der Waals surface area contributed by atoms with Crippen LogP contribution in [0.15, 0.2) is 0 Å². The molecule has 2 N–H and O–H groups in total. The fourth-order valence-corrected chi connectivity index (χ4v) is 1.86. The lowest BCUT2D eigenvalue weighted by molar-refractivity contribution is -0.920. The summed E-state index contributed by atoms with van der Waals surface area (Å²) in [6.07, 6.45) is 0. The minimum absolute atomic E-state index is 0.106. The summed E-state index contributed by atoms with van der Waals surface area (Å²) >= 11 is 0. The molecule has 1 saturated heterocycles. The summed E-state index contributed by atoms with van der Waals surface area (Å²) in [6.45, 7) is 9.12. The van der Waals surface area contributed by atoms with E-state index in [-0.39, 0.29) is 11.1 Å².